The van der Waals surface area contributed by atoms with E-state index in [9.17, 15) is 0 Å². The van der Waals surface area contributed by atoms with Crippen LogP contribution in [0.4, 0.5) is 0 Å². The van der Waals surface area contributed by atoms with Crippen molar-refractivity contribution in [3.63, 3.8) is 0 Å². The summed E-state index contributed by atoms with van der Waals surface area (Å²) in [6.07, 6.45) is 2.24. The third-order valence-electron chi connectivity index (χ3n) is 2.74. The van der Waals surface area contributed by atoms with Crippen LogP contribution in [0, 0.1) is 13.8 Å². The van der Waals surface area contributed by atoms with Crippen LogP contribution in [0.2, 0.25) is 0 Å². The number of nitrogens with zero attached hydrogens (tertiary/aromatic N) is 1. The maximum atomic E-state index is 2.34. The summed E-state index contributed by atoms with van der Waals surface area (Å²) < 4.78 is 2.34. The fourth-order valence-corrected chi connectivity index (χ4v) is 1.97. The highest BCUT2D eigenvalue weighted by Gasteiger charge is 2.06. The molecular weight excluding hydrogens is 170 g/mol. The lowest BCUT2D eigenvalue weighted by molar-refractivity contribution is 0.622. The lowest BCUT2D eigenvalue weighted by Crippen LogP contribution is -1.97. The molecule has 0 spiro atoms. The molecule has 0 saturated carbocycles. The molecule has 0 saturated heterocycles. The minimum Gasteiger partial charge on any atom is -0.345 e. The first kappa shape index (κ1) is 9.32. The molecule has 0 bridgehead atoms. The van der Waals surface area contributed by atoms with Gasteiger partial charge in [-0.25, -0.2) is 0 Å². The Morgan fingerprint density at radius 2 is 1.86 bits per heavy atom. The van der Waals surface area contributed by atoms with E-state index in [4.69, 9.17) is 0 Å². The second kappa shape index (κ2) is 3.16. The van der Waals surface area contributed by atoms with Gasteiger partial charge in [0, 0.05) is 23.1 Å². The van der Waals surface area contributed by atoms with E-state index in [-0.39, 0.29) is 0 Å². The molecule has 2 rings (SSSR count). The van der Waals surface area contributed by atoms with E-state index in [2.05, 4.69) is 56.7 Å². The van der Waals surface area contributed by atoms with Gasteiger partial charge in [-0.05, 0) is 45.4 Å². The molecule has 14 heavy (non-hydrogen) atoms. The second-order valence-electron chi connectivity index (χ2n) is 4.33. The SMILES string of the molecule is Cc1ccc2c(c1)c(C)cn2C(C)C. The average molecular weight is 187 g/mol. The standard InChI is InChI=1S/C13H17N/c1-9(2)14-8-11(4)12-7-10(3)5-6-13(12)14/h5-9H,1-4H3. The number of aromatic nitrogens is 1. The first-order valence-corrected chi connectivity index (χ1v) is 5.17. The second-order valence-corrected chi connectivity index (χ2v) is 4.33. The van der Waals surface area contributed by atoms with Crippen LogP contribution in [0.5, 0.6) is 0 Å². The Balaban J connectivity index is 2.77. The van der Waals surface area contributed by atoms with E-state index in [1.165, 1.54) is 22.0 Å². The molecule has 0 unspecified atom stereocenters. The number of hydrogen-bond donors (Lipinski definition) is 0. The predicted octanol–water partition coefficient (Wildman–Crippen LogP) is 3.84. The van der Waals surface area contributed by atoms with Gasteiger partial charge in [0.05, 0.1) is 0 Å². The minimum absolute atomic E-state index is 0.536. The molecule has 0 N–H and O–H groups in total. The highest BCUT2D eigenvalue weighted by Crippen LogP contribution is 2.24. The van der Waals surface area contributed by atoms with Crippen molar-refractivity contribution in [2.45, 2.75) is 33.7 Å². The summed E-state index contributed by atoms with van der Waals surface area (Å²) in [7, 11) is 0. The molecule has 1 heterocycles. The smallest absolute Gasteiger partial charge is 0.0485 e. The van der Waals surface area contributed by atoms with Crippen molar-refractivity contribution in [1.29, 1.82) is 0 Å². The summed E-state index contributed by atoms with van der Waals surface area (Å²) in [6.45, 7) is 8.77. The summed E-state index contributed by atoms with van der Waals surface area (Å²) in [5, 5.41) is 1.39. The molecule has 0 aliphatic rings. The first-order valence-electron chi connectivity index (χ1n) is 5.17. The zero-order chi connectivity index (χ0) is 10.3. The lowest BCUT2D eigenvalue weighted by Gasteiger charge is -2.08. The molecule has 0 atom stereocenters. The van der Waals surface area contributed by atoms with Crippen molar-refractivity contribution in [1.82, 2.24) is 4.57 Å². The Morgan fingerprint density at radius 3 is 2.50 bits per heavy atom. The van der Waals surface area contributed by atoms with Gasteiger partial charge in [-0.1, -0.05) is 11.6 Å². The summed E-state index contributed by atoms with van der Waals surface area (Å²) in [4.78, 5) is 0. The molecule has 0 aliphatic carbocycles. The Morgan fingerprint density at radius 1 is 1.14 bits per heavy atom. The highest BCUT2D eigenvalue weighted by atomic mass is 15.0. The van der Waals surface area contributed by atoms with Crippen LogP contribution in [-0.4, -0.2) is 4.57 Å². The third kappa shape index (κ3) is 1.33. The van der Waals surface area contributed by atoms with E-state index in [1.807, 2.05) is 0 Å². The molecule has 0 fully saturated rings. The zero-order valence-electron chi connectivity index (χ0n) is 9.33. The van der Waals surface area contributed by atoms with Crippen molar-refractivity contribution < 1.29 is 0 Å². The molecule has 2 aromatic rings. The average Bonchev–Trinajstić information content (AvgIpc) is 2.44. The van der Waals surface area contributed by atoms with Gasteiger partial charge in [0.2, 0.25) is 0 Å². The maximum Gasteiger partial charge on any atom is 0.0485 e. The van der Waals surface area contributed by atoms with E-state index >= 15 is 0 Å². The number of rotatable bonds is 1. The fraction of sp³-hybridized carbons (Fsp3) is 0.385. The van der Waals surface area contributed by atoms with Crippen molar-refractivity contribution in [3.8, 4) is 0 Å². The summed E-state index contributed by atoms with van der Waals surface area (Å²) in [6, 6.07) is 7.20. The van der Waals surface area contributed by atoms with Crippen LogP contribution >= 0.6 is 0 Å². The van der Waals surface area contributed by atoms with E-state index in [1.54, 1.807) is 0 Å². The predicted molar refractivity (Wildman–Crippen MR) is 61.8 cm³/mol. The summed E-state index contributed by atoms with van der Waals surface area (Å²) >= 11 is 0. The van der Waals surface area contributed by atoms with Gasteiger partial charge in [0.15, 0.2) is 0 Å². The van der Waals surface area contributed by atoms with Crippen molar-refractivity contribution in [2.75, 3.05) is 0 Å². The Kier molecular flexibility index (Phi) is 2.10. The quantitative estimate of drug-likeness (QED) is 0.639. The number of fused-ring (bicyclic) bond motifs is 1. The molecule has 1 heteroatoms. The molecular formula is C13H17N. The zero-order valence-corrected chi connectivity index (χ0v) is 9.33. The fourth-order valence-electron chi connectivity index (χ4n) is 1.97. The van der Waals surface area contributed by atoms with Gasteiger partial charge in [-0.15, -0.1) is 0 Å². The molecule has 1 aromatic heterocycles. The van der Waals surface area contributed by atoms with Crippen molar-refractivity contribution >= 4 is 10.9 Å². The molecule has 74 valence electrons. The molecule has 0 radical (unpaired) electrons. The van der Waals surface area contributed by atoms with Crippen LogP contribution in [0.1, 0.15) is 31.0 Å². The Hall–Kier alpha value is -1.24. The Bertz CT molecular complexity index is 463. The molecule has 1 nitrogen and oxygen atoms in total. The molecule has 0 amide bonds. The Labute approximate surface area is 85.4 Å². The summed E-state index contributed by atoms with van der Waals surface area (Å²) in [5.74, 6) is 0. The largest absolute Gasteiger partial charge is 0.345 e. The van der Waals surface area contributed by atoms with Crippen LogP contribution in [0.15, 0.2) is 24.4 Å². The third-order valence-corrected chi connectivity index (χ3v) is 2.74. The lowest BCUT2D eigenvalue weighted by atomic mass is 10.1. The van der Waals surface area contributed by atoms with Crippen molar-refractivity contribution in [2.24, 2.45) is 0 Å². The number of aryl methyl sites for hydroxylation is 2. The monoisotopic (exact) mass is 187 g/mol. The van der Waals surface area contributed by atoms with Gasteiger partial charge < -0.3 is 4.57 Å². The molecule has 1 aromatic carbocycles. The van der Waals surface area contributed by atoms with E-state index < -0.39 is 0 Å². The number of benzene rings is 1. The van der Waals surface area contributed by atoms with Crippen LogP contribution in [0.3, 0.4) is 0 Å². The van der Waals surface area contributed by atoms with Gasteiger partial charge in [-0.2, -0.15) is 0 Å². The normalized spacial score (nSPS) is 11.5. The minimum atomic E-state index is 0.536. The van der Waals surface area contributed by atoms with Gasteiger partial charge in [0.1, 0.15) is 0 Å². The van der Waals surface area contributed by atoms with Crippen LogP contribution < -0.4 is 0 Å². The highest BCUT2D eigenvalue weighted by molar-refractivity contribution is 5.84. The topological polar surface area (TPSA) is 4.93 Å². The van der Waals surface area contributed by atoms with Crippen LogP contribution in [-0.2, 0) is 0 Å². The van der Waals surface area contributed by atoms with Gasteiger partial charge >= 0.3 is 0 Å². The molecule has 0 aliphatic heterocycles. The van der Waals surface area contributed by atoms with Gasteiger partial charge in [0.25, 0.3) is 0 Å². The first-order chi connectivity index (χ1) is 6.59. The summed E-state index contributed by atoms with van der Waals surface area (Å²) in [5.41, 5.74) is 4.06. The van der Waals surface area contributed by atoms with E-state index in [0.717, 1.165) is 0 Å². The van der Waals surface area contributed by atoms with Gasteiger partial charge in [-0.3, -0.25) is 0 Å². The maximum absolute atomic E-state index is 2.34. The van der Waals surface area contributed by atoms with Crippen LogP contribution in [0.25, 0.3) is 10.9 Å². The number of hydrogen-bond acceptors (Lipinski definition) is 0. The van der Waals surface area contributed by atoms with E-state index in [0.29, 0.717) is 6.04 Å². The van der Waals surface area contributed by atoms with Crippen molar-refractivity contribution in [3.05, 3.63) is 35.5 Å².